The summed E-state index contributed by atoms with van der Waals surface area (Å²) in [6, 6.07) is 3.65. The number of hydrogen-bond acceptors (Lipinski definition) is 5. The maximum Gasteiger partial charge on any atom is 0.344 e. The monoisotopic (exact) mass is 280 g/mol. The number of aryl methyl sites for hydroxylation is 1. The van der Waals surface area contributed by atoms with Gasteiger partial charge in [-0.05, 0) is 31.5 Å². The average Bonchev–Trinajstić information content (AvgIpc) is 2.43. The third-order valence-electron chi connectivity index (χ3n) is 2.46. The van der Waals surface area contributed by atoms with E-state index in [0.717, 1.165) is 11.1 Å². The number of esters is 1. The molecule has 0 heterocycles. The summed E-state index contributed by atoms with van der Waals surface area (Å²) in [5, 5.41) is 0. The second kappa shape index (κ2) is 8.35. The molecule has 0 aliphatic heterocycles. The third kappa shape index (κ3) is 4.36. The first-order valence-electron chi connectivity index (χ1n) is 6.19. The van der Waals surface area contributed by atoms with Crippen LogP contribution in [0.3, 0.4) is 0 Å². The van der Waals surface area contributed by atoms with Crippen LogP contribution in [0.2, 0.25) is 0 Å². The smallest absolute Gasteiger partial charge is 0.344 e. The van der Waals surface area contributed by atoms with Gasteiger partial charge in [-0.25, -0.2) is 4.79 Å². The second-order valence-electron chi connectivity index (χ2n) is 4.12. The Kier molecular flexibility index (Phi) is 6.76. The Labute approximate surface area is 119 Å². The van der Waals surface area contributed by atoms with E-state index in [1.54, 1.807) is 6.07 Å². The zero-order chi connectivity index (χ0) is 15.0. The quantitative estimate of drug-likeness (QED) is 0.568. The average molecular weight is 280 g/mol. The van der Waals surface area contributed by atoms with Crippen LogP contribution in [0, 0.1) is 6.92 Å². The van der Waals surface area contributed by atoms with E-state index < -0.39 is 5.97 Å². The van der Waals surface area contributed by atoms with Crippen LogP contribution in [-0.4, -0.2) is 33.8 Å². The lowest BCUT2D eigenvalue weighted by atomic mass is 10.0. The van der Waals surface area contributed by atoms with Gasteiger partial charge in [0.2, 0.25) is 0 Å². The molecule has 0 spiro atoms. The number of carbonyl (C=O) groups is 1. The molecule has 1 aromatic carbocycles. The van der Waals surface area contributed by atoms with Gasteiger partial charge in [-0.15, -0.1) is 0 Å². The molecule has 0 aliphatic carbocycles. The highest BCUT2D eigenvalue weighted by atomic mass is 16.7. The van der Waals surface area contributed by atoms with Gasteiger partial charge < -0.3 is 18.9 Å². The van der Waals surface area contributed by atoms with Gasteiger partial charge in [0.1, 0.15) is 11.3 Å². The molecule has 0 amide bonds. The van der Waals surface area contributed by atoms with Crippen molar-refractivity contribution in [1.82, 2.24) is 0 Å². The molecule has 0 saturated heterocycles. The fourth-order valence-electron chi connectivity index (χ4n) is 1.73. The van der Waals surface area contributed by atoms with Crippen LogP contribution in [0.25, 0.3) is 6.08 Å². The Morgan fingerprint density at radius 3 is 2.50 bits per heavy atom. The van der Waals surface area contributed by atoms with Crippen molar-refractivity contribution in [2.75, 3.05) is 27.8 Å². The Morgan fingerprint density at radius 2 is 1.90 bits per heavy atom. The molecule has 0 unspecified atom stereocenters. The van der Waals surface area contributed by atoms with Crippen molar-refractivity contribution in [2.45, 2.75) is 13.8 Å². The van der Waals surface area contributed by atoms with Crippen molar-refractivity contribution >= 4 is 12.0 Å². The molecule has 0 N–H and O–H groups in total. The number of ether oxygens (including phenoxy) is 4. The van der Waals surface area contributed by atoms with Gasteiger partial charge >= 0.3 is 5.97 Å². The molecule has 0 saturated carbocycles. The molecule has 0 aliphatic rings. The molecule has 0 bridgehead atoms. The summed E-state index contributed by atoms with van der Waals surface area (Å²) in [6.07, 6.45) is 3.74. The first-order valence-corrected chi connectivity index (χ1v) is 6.19. The van der Waals surface area contributed by atoms with E-state index in [0.29, 0.717) is 11.3 Å². The predicted octanol–water partition coefficient (Wildman–Crippen LogP) is 2.77. The van der Waals surface area contributed by atoms with Crippen LogP contribution < -0.4 is 4.74 Å². The highest BCUT2D eigenvalue weighted by Gasteiger charge is 2.18. The molecule has 0 atom stereocenters. The van der Waals surface area contributed by atoms with Gasteiger partial charge in [0, 0.05) is 19.8 Å². The van der Waals surface area contributed by atoms with Crippen LogP contribution in [0.5, 0.6) is 5.75 Å². The van der Waals surface area contributed by atoms with Gasteiger partial charge in [-0.3, -0.25) is 0 Å². The summed E-state index contributed by atoms with van der Waals surface area (Å²) in [4.78, 5) is 12.0. The first-order chi connectivity index (χ1) is 9.63. The van der Waals surface area contributed by atoms with Gasteiger partial charge in [0.15, 0.2) is 13.6 Å². The summed E-state index contributed by atoms with van der Waals surface area (Å²) < 4.78 is 20.1. The van der Waals surface area contributed by atoms with E-state index in [4.69, 9.17) is 18.9 Å². The Hall–Kier alpha value is -1.85. The minimum atomic E-state index is -0.493. The number of carbonyl (C=O) groups excluding carboxylic acids is 1. The molecule has 110 valence electrons. The van der Waals surface area contributed by atoms with Crippen molar-refractivity contribution in [3.05, 3.63) is 34.9 Å². The molecule has 0 radical (unpaired) electrons. The van der Waals surface area contributed by atoms with Gasteiger partial charge in [0.05, 0.1) is 0 Å². The van der Waals surface area contributed by atoms with Crippen molar-refractivity contribution in [3.8, 4) is 5.75 Å². The van der Waals surface area contributed by atoms with E-state index in [1.807, 2.05) is 32.1 Å². The Balaban J connectivity index is 3.20. The second-order valence-corrected chi connectivity index (χ2v) is 4.12. The van der Waals surface area contributed by atoms with E-state index in [1.165, 1.54) is 14.2 Å². The highest BCUT2D eigenvalue weighted by Crippen LogP contribution is 2.28. The molecule has 0 fully saturated rings. The molecule has 0 aromatic heterocycles. The molecule has 5 heteroatoms. The normalized spacial score (nSPS) is 10.8. The molecule has 20 heavy (non-hydrogen) atoms. The number of allylic oxidation sites excluding steroid dienone is 1. The topological polar surface area (TPSA) is 54.0 Å². The fourth-order valence-corrected chi connectivity index (χ4v) is 1.73. The van der Waals surface area contributed by atoms with E-state index in [-0.39, 0.29) is 13.6 Å². The molecular formula is C15H20O5. The number of hydrogen-bond donors (Lipinski definition) is 0. The predicted molar refractivity (Wildman–Crippen MR) is 75.7 cm³/mol. The largest absolute Gasteiger partial charge is 0.466 e. The van der Waals surface area contributed by atoms with Gasteiger partial charge in [-0.2, -0.15) is 0 Å². The molecule has 5 nitrogen and oxygen atoms in total. The zero-order valence-corrected chi connectivity index (χ0v) is 12.3. The van der Waals surface area contributed by atoms with Crippen LogP contribution >= 0.6 is 0 Å². The molecular weight excluding hydrogens is 260 g/mol. The van der Waals surface area contributed by atoms with Crippen LogP contribution in [0.4, 0.5) is 0 Å². The van der Waals surface area contributed by atoms with E-state index >= 15 is 0 Å². The maximum absolute atomic E-state index is 12.0. The fraction of sp³-hybridized carbons (Fsp3) is 0.400. The van der Waals surface area contributed by atoms with Gasteiger partial charge in [0.25, 0.3) is 0 Å². The number of benzene rings is 1. The van der Waals surface area contributed by atoms with Crippen LogP contribution in [0.15, 0.2) is 18.2 Å². The first kappa shape index (κ1) is 16.2. The molecule has 1 rings (SSSR count). The SMILES string of the molecule is C/C=C/c1cc(C)cc(C(=O)OCOC)c1OCOC. The van der Waals surface area contributed by atoms with Gasteiger partial charge in [-0.1, -0.05) is 12.2 Å². The summed E-state index contributed by atoms with van der Waals surface area (Å²) in [5.41, 5.74) is 2.09. The Bertz CT molecular complexity index is 479. The number of methoxy groups -OCH3 is 2. The minimum absolute atomic E-state index is 0.0537. The number of rotatable bonds is 7. The van der Waals surface area contributed by atoms with Crippen molar-refractivity contribution < 1.29 is 23.7 Å². The third-order valence-corrected chi connectivity index (χ3v) is 2.46. The standard InChI is InChI=1S/C15H20O5/c1-5-6-12-7-11(2)8-13(14(12)19-9-17-3)15(16)20-10-18-4/h5-8H,9-10H2,1-4H3/b6-5+. The van der Waals surface area contributed by atoms with E-state index in [9.17, 15) is 4.79 Å². The van der Waals surface area contributed by atoms with Crippen LogP contribution in [0.1, 0.15) is 28.4 Å². The lowest BCUT2D eigenvalue weighted by Gasteiger charge is -2.14. The lowest BCUT2D eigenvalue weighted by Crippen LogP contribution is -2.12. The van der Waals surface area contributed by atoms with Crippen molar-refractivity contribution in [3.63, 3.8) is 0 Å². The van der Waals surface area contributed by atoms with E-state index in [2.05, 4.69) is 0 Å². The summed E-state index contributed by atoms with van der Waals surface area (Å²) >= 11 is 0. The lowest BCUT2D eigenvalue weighted by molar-refractivity contribution is -0.0132. The minimum Gasteiger partial charge on any atom is -0.466 e. The highest BCUT2D eigenvalue weighted by molar-refractivity contribution is 5.94. The summed E-state index contributed by atoms with van der Waals surface area (Å²) in [7, 11) is 2.98. The summed E-state index contributed by atoms with van der Waals surface area (Å²) in [6.45, 7) is 3.75. The maximum atomic E-state index is 12.0. The molecule has 1 aromatic rings. The summed E-state index contributed by atoms with van der Waals surface area (Å²) in [5.74, 6) is -0.0518. The zero-order valence-electron chi connectivity index (χ0n) is 12.3. The van der Waals surface area contributed by atoms with Crippen molar-refractivity contribution in [1.29, 1.82) is 0 Å². The van der Waals surface area contributed by atoms with Crippen molar-refractivity contribution in [2.24, 2.45) is 0 Å². The van der Waals surface area contributed by atoms with Crippen LogP contribution in [-0.2, 0) is 14.2 Å². The Morgan fingerprint density at radius 1 is 1.20 bits per heavy atom.